The molecule has 2 saturated heterocycles. The quantitative estimate of drug-likeness (QED) is 0.809. The van der Waals surface area contributed by atoms with Crippen molar-refractivity contribution in [2.45, 2.75) is 20.8 Å². The predicted octanol–water partition coefficient (Wildman–Crippen LogP) is 2.64. The summed E-state index contributed by atoms with van der Waals surface area (Å²) < 4.78 is 11.0. The molecular weight excluding hydrogens is 392 g/mol. The smallest absolute Gasteiger partial charge is 0.233 e. The fourth-order valence-electron chi connectivity index (χ4n) is 3.71. The minimum absolute atomic E-state index is 0. The first-order chi connectivity index (χ1) is 13.6. The van der Waals surface area contributed by atoms with Crippen LogP contribution in [0.25, 0.3) is 0 Å². The second-order valence-electron chi connectivity index (χ2n) is 7.36. The third-order valence-electron chi connectivity index (χ3n) is 5.11. The highest BCUT2D eigenvalue weighted by Gasteiger charge is 2.21. The topological polar surface area (TPSA) is 75.6 Å². The summed E-state index contributed by atoms with van der Waals surface area (Å²) in [6, 6.07) is 4.34. The zero-order valence-electron chi connectivity index (χ0n) is 17.3. The molecule has 2 aliphatic heterocycles. The highest BCUT2D eigenvalue weighted by molar-refractivity contribution is 5.85. The van der Waals surface area contributed by atoms with Gasteiger partial charge in [0.25, 0.3) is 0 Å². The molecule has 29 heavy (non-hydrogen) atoms. The van der Waals surface area contributed by atoms with Gasteiger partial charge in [0, 0.05) is 31.9 Å². The second-order valence-corrected chi connectivity index (χ2v) is 7.36. The van der Waals surface area contributed by atoms with Gasteiger partial charge < -0.3 is 24.6 Å². The number of hydrogen-bond donors (Lipinski definition) is 1. The Morgan fingerprint density at radius 2 is 1.21 bits per heavy atom. The van der Waals surface area contributed by atoms with E-state index in [4.69, 9.17) is 24.4 Å². The van der Waals surface area contributed by atoms with Gasteiger partial charge in [-0.3, -0.25) is 0 Å². The van der Waals surface area contributed by atoms with Gasteiger partial charge in [-0.15, -0.1) is 12.4 Å². The second kappa shape index (κ2) is 9.56. The summed E-state index contributed by atoms with van der Waals surface area (Å²) in [5.41, 5.74) is 4.66. The van der Waals surface area contributed by atoms with E-state index in [1.807, 2.05) is 0 Å². The van der Waals surface area contributed by atoms with Crippen molar-refractivity contribution < 1.29 is 9.47 Å². The van der Waals surface area contributed by atoms with Crippen LogP contribution in [0.2, 0.25) is 0 Å². The molecule has 1 N–H and O–H groups in total. The molecule has 0 atom stereocenters. The van der Waals surface area contributed by atoms with E-state index in [9.17, 15) is 0 Å². The van der Waals surface area contributed by atoms with Crippen molar-refractivity contribution in [2.75, 3.05) is 67.7 Å². The summed E-state index contributed by atoms with van der Waals surface area (Å²) in [4.78, 5) is 18.5. The molecule has 2 fully saturated rings. The van der Waals surface area contributed by atoms with E-state index in [0.29, 0.717) is 44.3 Å². The van der Waals surface area contributed by atoms with Gasteiger partial charge in [-0.05, 0) is 31.9 Å². The van der Waals surface area contributed by atoms with E-state index in [0.717, 1.165) is 31.9 Å². The fourth-order valence-corrected chi connectivity index (χ4v) is 3.71. The number of morpholine rings is 2. The number of ether oxygens (including phenoxy) is 2. The number of aryl methyl sites for hydroxylation is 3. The predicted molar refractivity (Wildman–Crippen MR) is 117 cm³/mol. The Labute approximate surface area is 178 Å². The average Bonchev–Trinajstić information content (AvgIpc) is 2.72. The Morgan fingerprint density at radius 3 is 1.66 bits per heavy atom. The van der Waals surface area contributed by atoms with Gasteiger partial charge in [0.15, 0.2) is 0 Å². The Balaban J connectivity index is 0.00000240. The maximum atomic E-state index is 5.48. The molecule has 0 saturated carbocycles. The number of rotatable bonds is 4. The van der Waals surface area contributed by atoms with Crippen molar-refractivity contribution >= 4 is 35.9 Å². The lowest BCUT2D eigenvalue weighted by atomic mass is 10.1. The maximum absolute atomic E-state index is 5.48. The molecule has 0 radical (unpaired) electrons. The van der Waals surface area contributed by atoms with E-state index >= 15 is 0 Å². The molecule has 1 aromatic carbocycles. The van der Waals surface area contributed by atoms with E-state index in [-0.39, 0.29) is 12.4 Å². The average molecular weight is 421 g/mol. The Bertz CT molecular complexity index is 778. The number of benzene rings is 1. The molecule has 9 heteroatoms. The molecule has 0 bridgehead atoms. The molecule has 3 heterocycles. The summed E-state index contributed by atoms with van der Waals surface area (Å²) >= 11 is 0. The first-order valence-electron chi connectivity index (χ1n) is 9.86. The van der Waals surface area contributed by atoms with Crippen LogP contribution >= 0.6 is 12.4 Å². The molecular formula is C20H29ClN6O2. The van der Waals surface area contributed by atoms with Crippen LogP contribution in [0.4, 0.5) is 23.5 Å². The Hall–Kier alpha value is -2.16. The molecule has 0 amide bonds. The highest BCUT2D eigenvalue weighted by atomic mass is 35.5. The fraction of sp³-hybridized carbons (Fsp3) is 0.550. The zero-order chi connectivity index (χ0) is 19.5. The largest absolute Gasteiger partial charge is 0.378 e. The van der Waals surface area contributed by atoms with Crippen LogP contribution in [0, 0.1) is 20.8 Å². The number of halogens is 1. The number of aromatic nitrogens is 3. The summed E-state index contributed by atoms with van der Waals surface area (Å²) in [5, 5.41) is 3.45. The van der Waals surface area contributed by atoms with Crippen molar-refractivity contribution in [3.8, 4) is 0 Å². The molecule has 2 aliphatic rings. The Kier molecular flexibility index (Phi) is 7.10. The third kappa shape index (κ3) is 5.07. The monoisotopic (exact) mass is 420 g/mol. The van der Waals surface area contributed by atoms with Crippen LogP contribution in [0.3, 0.4) is 0 Å². The van der Waals surface area contributed by atoms with E-state index in [1.165, 1.54) is 16.7 Å². The summed E-state index contributed by atoms with van der Waals surface area (Å²) in [5.74, 6) is 1.97. The highest BCUT2D eigenvalue weighted by Crippen LogP contribution is 2.26. The van der Waals surface area contributed by atoms with Crippen LogP contribution in [-0.2, 0) is 9.47 Å². The number of nitrogens with one attached hydrogen (secondary N) is 1. The van der Waals surface area contributed by atoms with Crippen LogP contribution in [0.15, 0.2) is 12.1 Å². The minimum Gasteiger partial charge on any atom is -0.378 e. The van der Waals surface area contributed by atoms with Gasteiger partial charge in [-0.2, -0.15) is 15.0 Å². The number of anilines is 4. The summed E-state index contributed by atoms with van der Waals surface area (Å²) in [6.45, 7) is 12.2. The summed E-state index contributed by atoms with van der Waals surface area (Å²) in [7, 11) is 0. The minimum atomic E-state index is 0. The van der Waals surface area contributed by atoms with Gasteiger partial charge in [0.1, 0.15) is 0 Å². The number of hydrogen-bond acceptors (Lipinski definition) is 8. The van der Waals surface area contributed by atoms with Crippen molar-refractivity contribution in [1.82, 2.24) is 15.0 Å². The SMILES string of the molecule is Cc1cc(C)c(Nc2nc(N3CCOCC3)nc(N3CCOCC3)n2)c(C)c1.Cl. The molecule has 2 aromatic rings. The molecule has 0 spiro atoms. The van der Waals surface area contributed by atoms with Crippen molar-refractivity contribution in [1.29, 1.82) is 0 Å². The molecule has 0 aliphatic carbocycles. The van der Waals surface area contributed by atoms with Crippen LogP contribution in [0.1, 0.15) is 16.7 Å². The molecule has 158 valence electrons. The maximum Gasteiger partial charge on any atom is 0.233 e. The third-order valence-corrected chi connectivity index (χ3v) is 5.11. The van der Waals surface area contributed by atoms with E-state index < -0.39 is 0 Å². The van der Waals surface area contributed by atoms with Crippen molar-refractivity contribution in [3.05, 3.63) is 28.8 Å². The number of nitrogens with zero attached hydrogens (tertiary/aromatic N) is 5. The lowest BCUT2D eigenvalue weighted by molar-refractivity contribution is 0.121. The van der Waals surface area contributed by atoms with Crippen molar-refractivity contribution in [3.63, 3.8) is 0 Å². The zero-order valence-corrected chi connectivity index (χ0v) is 18.1. The van der Waals surface area contributed by atoms with E-state index in [2.05, 4.69) is 48.0 Å². The first-order valence-corrected chi connectivity index (χ1v) is 9.86. The van der Waals surface area contributed by atoms with E-state index in [1.54, 1.807) is 0 Å². The molecule has 4 rings (SSSR count). The molecule has 8 nitrogen and oxygen atoms in total. The summed E-state index contributed by atoms with van der Waals surface area (Å²) in [6.07, 6.45) is 0. The van der Waals surface area contributed by atoms with Crippen LogP contribution in [-0.4, -0.2) is 67.6 Å². The van der Waals surface area contributed by atoms with Crippen molar-refractivity contribution in [2.24, 2.45) is 0 Å². The van der Waals surface area contributed by atoms with Gasteiger partial charge in [-0.1, -0.05) is 17.7 Å². The lowest BCUT2D eigenvalue weighted by Crippen LogP contribution is -2.40. The van der Waals surface area contributed by atoms with Gasteiger partial charge in [0.2, 0.25) is 17.8 Å². The lowest BCUT2D eigenvalue weighted by Gasteiger charge is -2.30. The van der Waals surface area contributed by atoms with Gasteiger partial charge in [-0.25, -0.2) is 0 Å². The van der Waals surface area contributed by atoms with Crippen LogP contribution < -0.4 is 15.1 Å². The molecule has 1 aromatic heterocycles. The molecule has 0 unspecified atom stereocenters. The Morgan fingerprint density at radius 1 is 0.759 bits per heavy atom. The van der Waals surface area contributed by atoms with Gasteiger partial charge >= 0.3 is 0 Å². The standard InChI is InChI=1S/C20H28N6O2.ClH/c1-14-12-15(2)17(16(3)13-14)21-18-22-19(25-4-8-27-9-5-25)24-20(23-18)26-6-10-28-11-7-26;/h12-13H,4-11H2,1-3H3,(H,21,22,23,24);1H. The van der Waals surface area contributed by atoms with Gasteiger partial charge in [0.05, 0.1) is 26.4 Å². The first kappa shape index (κ1) is 21.5. The van der Waals surface area contributed by atoms with Crippen LogP contribution in [0.5, 0.6) is 0 Å². The normalized spacial score (nSPS) is 17.1.